The van der Waals surface area contributed by atoms with Gasteiger partial charge >= 0.3 is 0 Å². The average Bonchev–Trinajstić information content (AvgIpc) is 2.87. The van der Waals surface area contributed by atoms with E-state index < -0.39 is 6.10 Å². The molecule has 0 saturated heterocycles. The molecule has 1 aromatic rings. The summed E-state index contributed by atoms with van der Waals surface area (Å²) in [5.74, 6) is 0. The van der Waals surface area contributed by atoms with Crippen LogP contribution >= 0.6 is 0 Å². The van der Waals surface area contributed by atoms with Crippen molar-refractivity contribution in [2.45, 2.75) is 58.1 Å². The zero-order chi connectivity index (χ0) is 13.0. The monoisotopic (exact) mass is 251 g/mol. The molecule has 1 heterocycles. The summed E-state index contributed by atoms with van der Waals surface area (Å²) in [6, 6.07) is 0. The number of aromatic nitrogens is 2. The van der Waals surface area contributed by atoms with Crippen LogP contribution in [0.25, 0.3) is 0 Å². The van der Waals surface area contributed by atoms with Crippen molar-refractivity contribution >= 4 is 0 Å². The first kappa shape index (κ1) is 13.6. The molecule has 0 bridgehead atoms. The van der Waals surface area contributed by atoms with Gasteiger partial charge in [-0.25, -0.2) is 4.98 Å². The molecule has 1 unspecified atom stereocenters. The second-order valence-corrected chi connectivity index (χ2v) is 5.54. The van der Waals surface area contributed by atoms with Gasteiger partial charge in [0, 0.05) is 18.5 Å². The second kappa shape index (κ2) is 5.85. The van der Waals surface area contributed by atoms with Gasteiger partial charge in [-0.3, -0.25) is 0 Å². The normalized spacial score (nSPS) is 20.8. The Kier molecular flexibility index (Phi) is 4.40. The molecule has 4 nitrogen and oxygen atoms in total. The molecule has 0 spiro atoms. The molecule has 1 aliphatic carbocycles. The number of aryl methyl sites for hydroxylation is 1. The highest BCUT2D eigenvalue weighted by atomic mass is 16.3. The third-order valence-electron chi connectivity index (χ3n) is 4.33. The molecule has 18 heavy (non-hydrogen) atoms. The molecular weight excluding hydrogens is 226 g/mol. The Morgan fingerprint density at radius 1 is 1.44 bits per heavy atom. The van der Waals surface area contributed by atoms with Crippen LogP contribution in [0.5, 0.6) is 0 Å². The largest absolute Gasteiger partial charge is 0.386 e. The molecule has 0 aliphatic heterocycles. The summed E-state index contributed by atoms with van der Waals surface area (Å²) < 4.78 is 2.07. The summed E-state index contributed by atoms with van der Waals surface area (Å²) in [7, 11) is 0. The number of hydrogen-bond donors (Lipinski definition) is 2. The van der Waals surface area contributed by atoms with Gasteiger partial charge in [-0.1, -0.05) is 26.2 Å². The zero-order valence-corrected chi connectivity index (χ0v) is 11.3. The lowest BCUT2D eigenvalue weighted by Gasteiger charge is -2.40. The fourth-order valence-corrected chi connectivity index (χ4v) is 3.15. The summed E-state index contributed by atoms with van der Waals surface area (Å²) in [6.45, 7) is 3.61. The molecule has 102 valence electrons. The molecule has 3 N–H and O–H groups in total. The summed E-state index contributed by atoms with van der Waals surface area (Å²) in [4.78, 5) is 4.18. The van der Waals surface area contributed by atoms with Crippen LogP contribution in [-0.2, 0) is 6.54 Å². The van der Waals surface area contributed by atoms with Crippen LogP contribution in [0, 0.1) is 5.41 Å². The minimum atomic E-state index is -0.475. The molecule has 4 heteroatoms. The van der Waals surface area contributed by atoms with Crippen molar-refractivity contribution in [3.05, 3.63) is 18.2 Å². The Labute approximate surface area is 109 Å². The van der Waals surface area contributed by atoms with Crippen molar-refractivity contribution in [3.63, 3.8) is 0 Å². The lowest BCUT2D eigenvalue weighted by Crippen LogP contribution is -2.39. The maximum Gasteiger partial charge on any atom is 0.102 e. The van der Waals surface area contributed by atoms with E-state index in [4.69, 9.17) is 5.73 Å². The molecule has 0 radical (unpaired) electrons. The van der Waals surface area contributed by atoms with Crippen molar-refractivity contribution in [2.75, 3.05) is 6.54 Å². The van der Waals surface area contributed by atoms with Crippen molar-refractivity contribution in [1.29, 1.82) is 0 Å². The Morgan fingerprint density at radius 3 is 2.78 bits per heavy atom. The van der Waals surface area contributed by atoms with Crippen molar-refractivity contribution in [3.8, 4) is 0 Å². The maximum atomic E-state index is 10.8. The topological polar surface area (TPSA) is 64.1 Å². The quantitative estimate of drug-likeness (QED) is 0.843. The van der Waals surface area contributed by atoms with Crippen molar-refractivity contribution in [1.82, 2.24) is 9.55 Å². The van der Waals surface area contributed by atoms with Gasteiger partial charge in [-0.2, -0.15) is 0 Å². The molecule has 1 atom stereocenters. The first-order valence-electron chi connectivity index (χ1n) is 7.11. The highest BCUT2D eigenvalue weighted by Gasteiger charge is 2.39. The molecule has 2 rings (SSSR count). The molecular formula is C14H25N3O. The summed E-state index contributed by atoms with van der Waals surface area (Å²) in [5.41, 5.74) is 6.78. The zero-order valence-electron chi connectivity index (χ0n) is 11.3. The van der Waals surface area contributed by atoms with Crippen molar-refractivity contribution < 1.29 is 5.11 Å². The number of aliphatic hydroxyl groups is 1. The van der Waals surface area contributed by atoms with E-state index in [1.807, 2.05) is 6.33 Å². The lowest BCUT2D eigenvalue weighted by molar-refractivity contribution is -0.00445. The summed E-state index contributed by atoms with van der Waals surface area (Å²) in [6.07, 6.45) is 9.86. The van der Waals surface area contributed by atoms with Gasteiger partial charge in [0.05, 0.1) is 18.2 Å². The number of rotatable bonds is 5. The van der Waals surface area contributed by atoms with Crippen LogP contribution < -0.4 is 5.73 Å². The van der Waals surface area contributed by atoms with E-state index in [0.29, 0.717) is 6.54 Å². The Hall–Kier alpha value is -0.870. The third-order valence-corrected chi connectivity index (χ3v) is 4.33. The van der Waals surface area contributed by atoms with Crippen LogP contribution in [0.1, 0.15) is 57.2 Å². The molecule has 1 fully saturated rings. The van der Waals surface area contributed by atoms with Crippen LogP contribution in [-0.4, -0.2) is 21.2 Å². The Balaban J connectivity index is 2.22. The van der Waals surface area contributed by atoms with Crippen LogP contribution in [0.3, 0.4) is 0 Å². The lowest BCUT2D eigenvalue weighted by atomic mass is 9.69. The molecule has 1 saturated carbocycles. The van der Waals surface area contributed by atoms with Gasteiger partial charge in [-0.15, -0.1) is 0 Å². The minimum Gasteiger partial charge on any atom is -0.386 e. The van der Waals surface area contributed by atoms with E-state index >= 15 is 0 Å². The van der Waals surface area contributed by atoms with E-state index in [9.17, 15) is 5.11 Å². The molecule has 0 aromatic carbocycles. The fourth-order valence-electron chi connectivity index (χ4n) is 3.15. The van der Waals surface area contributed by atoms with E-state index in [1.54, 1.807) is 6.20 Å². The van der Waals surface area contributed by atoms with E-state index in [2.05, 4.69) is 16.5 Å². The molecule has 1 aliphatic rings. The highest BCUT2D eigenvalue weighted by molar-refractivity contribution is 5.09. The third kappa shape index (κ3) is 2.45. The molecule has 1 aromatic heterocycles. The predicted molar refractivity (Wildman–Crippen MR) is 72.1 cm³/mol. The van der Waals surface area contributed by atoms with E-state index in [0.717, 1.165) is 31.5 Å². The van der Waals surface area contributed by atoms with Crippen LogP contribution in [0.15, 0.2) is 12.5 Å². The van der Waals surface area contributed by atoms with E-state index in [1.165, 1.54) is 19.3 Å². The SMILES string of the molecule is CCCn1cncc1C(O)C1(CN)CCCCC1. The number of nitrogens with two attached hydrogens (primary N) is 1. The second-order valence-electron chi connectivity index (χ2n) is 5.54. The van der Waals surface area contributed by atoms with Gasteiger partial charge < -0.3 is 15.4 Å². The van der Waals surface area contributed by atoms with Crippen LogP contribution in [0.2, 0.25) is 0 Å². The average molecular weight is 251 g/mol. The highest BCUT2D eigenvalue weighted by Crippen LogP contribution is 2.45. The van der Waals surface area contributed by atoms with Gasteiger partial charge in [0.25, 0.3) is 0 Å². The maximum absolute atomic E-state index is 10.8. The number of aliphatic hydroxyl groups excluding tert-OH is 1. The summed E-state index contributed by atoms with van der Waals surface area (Å²) >= 11 is 0. The van der Waals surface area contributed by atoms with Gasteiger partial charge in [0.2, 0.25) is 0 Å². The number of hydrogen-bond acceptors (Lipinski definition) is 3. The van der Waals surface area contributed by atoms with Crippen LogP contribution in [0.4, 0.5) is 0 Å². The Bertz CT molecular complexity index is 369. The molecule has 0 amide bonds. The summed E-state index contributed by atoms with van der Waals surface area (Å²) in [5, 5.41) is 10.8. The van der Waals surface area contributed by atoms with Gasteiger partial charge in [0.15, 0.2) is 0 Å². The standard InChI is InChI=1S/C14H25N3O/c1-2-8-17-11-16-9-12(17)13(18)14(10-15)6-4-3-5-7-14/h9,11,13,18H,2-8,10,15H2,1H3. The Morgan fingerprint density at radius 2 is 2.17 bits per heavy atom. The minimum absolute atomic E-state index is 0.135. The fraction of sp³-hybridized carbons (Fsp3) is 0.786. The van der Waals surface area contributed by atoms with Gasteiger partial charge in [0.1, 0.15) is 6.10 Å². The number of imidazole rings is 1. The first-order chi connectivity index (χ1) is 8.73. The number of nitrogens with zero attached hydrogens (tertiary/aromatic N) is 2. The van der Waals surface area contributed by atoms with E-state index in [-0.39, 0.29) is 5.41 Å². The smallest absolute Gasteiger partial charge is 0.102 e. The van der Waals surface area contributed by atoms with Gasteiger partial charge in [-0.05, 0) is 19.3 Å². The first-order valence-corrected chi connectivity index (χ1v) is 7.11. The predicted octanol–water partition coefficient (Wildman–Crippen LogP) is 2.24. The van der Waals surface area contributed by atoms with Crippen molar-refractivity contribution in [2.24, 2.45) is 11.1 Å².